The average Bonchev–Trinajstić information content (AvgIpc) is 3.16. The van der Waals surface area contributed by atoms with Crippen LogP contribution in [0.4, 0.5) is 0 Å². The van der Waals surface area contributed by atoms with E-state index in [9.17, 15) is 0 Å². The van der Waals surface area contributed by atoms with Crippen molar-refractivity contribution in [2.24, 2.45) is 46.3 Å². The molecule has 34 heavy (non-hydrogen) atoms. The van der Waals surface area contributed by atoms with Crippen molar-refractivity contribution in [3.63, 3.8) is 0 Å². The molecule has 0 aromatic rings. The van der Waals surface area contributed by atoms with Gasteiger partial charge in [0.15, 0.2) is 0 Å². The highest BCUT2D eigenvalue weighted by Crippen LogP contribution is 2.67. The van der Waals surface area contributed by atoms with Gasteiger partial charge >= 0.3 is 0 Å². The van der Waals surface area contributed by atoms with Gasteiger partial charge in [-0.2, -0.15) is 0 Å². The van der Waals surface area contributed by atoms with Crippen molar-refractivity contribution in [1.29, 1.82) is 0 Å². The summed E-state index contributed by atoms with van der Waals surface area (Å²) >= 11 is 2.37. The van der Waals surface area contributed by atoms with Gasteiger partial charge in [0.05, 0.1) is 25.9 Å². The number of rotatable bonds is 11. The predicted octanol–water partition coefficient (Wildman–Crippen LogP) is 8.86. The number of alkyl halides is 1. The van der Waals surface area contributed by atoms with Crippen LogP contribution in [0.5, 0.6) is 0 Å². The molecule has 0 bridgehead atoms. The number of ether oxygens (including phenoxy) is 2. The van der Waals surface area contributed by atoms with Gasteiger partial charge in [-0.15, -0.1) is 0 Å². The second kappa shape index (κ2) is 11.8. The molecule has 0 heterocycles. The summed E-state index contributed by atoms with van der Waals surface area (Å²) in [6.45, 7) is 15.1. The van der Waals surface area contributed by atoms with Gasteiger partial charge < -0.3 is 9.47 Å². The molecule has 0 spiro atoms. The lowest BCUT2D eigenvalue weighted by Gasteiger charge is -2.58. The smallest absolute Gasteiger partial charge is 0.0704 e. The maximum absolute atomic E-state index is 6.26. The Morgan fingerprint density at radius 1 is 0.971 bits per heavy atom. The maximum atomic E-state index is 6.26. The highest BCUT2D eigenvalue weighted by atomic mass is 127. The number of allylic oxidation sites excluding steroid dienone is 1. The predicted molar refractivity (Wildman–Crippen MR) is 152 cm³/mol. The Balaban J connectivity index is 1.37. The first-order valence-corrected chi connectivity index (χ1v) is 16.3. The van der Waals surface area contributed by atoms with E-state index in [1.165, 1.54) is 70.6 Å². The number of halogens is 1. The van der Waals surface area contributed by atoms with Crippen LogP contribution in [0.2, 0.25) is 0 Å². The van der Waals surface area contributed by atoms with Gasteiger partial charge in [0, 0.05) is 4.43 Å². The van der Waals surface area contributed by atoms with Crippen molar-refractivity contribution in [2.45, 2.75) is 111 Å². The topological polar surface area (TPSA) is 18.5 Å². The highest BCUT2D eigenvalue weighted by molar-refractivity contribution is 14.1. The van der Waals surface area contributed by atoms with Gasteiger partial charge in [-0.05, 0) is 97.7 Å². The Bertz CT molecular complexity index is 689. The van der Waals surface area contributed by atoms with Gasteiger partial charge in [0.1, 0.15) is 0 Å². The molecule has 0 aromatic heterocycles. The van der Waals surface area contributed by atoms with Gasteiger partial charge in [0.2, 0.25) is 0 Å². The zero-order valence-electron chi connectivity index (χ0n) is 22.9. The molecule has 0 unspecified atom stereocenters. The first kappa shape index (κ1) is 27.4. The van der Waals surface area contributed by atoms with Crippen molar-refractivity contribution >= 4 is 22.6 Å². The van der Waals surface area contributed by atoms with Crippen LogP contribution in [0.3, 0.4) is 0 Å². The number of hydrogen-bond acceptors (Lipinski definition) is 2. The largest absolute Gasteiger partial charge is 0.378 e. The van der Waals surface area contributed by atoms with E-state index < -0.39 is 0 Å². The molecular weight excluding hydrogens is 531 g/mol. The summed E-state index contributed by atoms with van der Waals surface area (Å²) in [7, 11) is 0. The van der Waals surface area contributed by atoms with E-state index in [0.717, 1.165) is 59.8 Å². The maximum Gasteiger partial charge on any atom is 0.0704 e. The molecule has 3 fully saturated rings. The van der Waals surface area contributed by atoms with E-state index in [1.54, 1.807) is 5.57 Å². The summed E-state index contributed by atoms with van der Waals surface area (Å²) in [6, 6.07) is 0. The zero-order valence-corrected chi connectivity index (χ0v) is 25.1. The van der Waals surface area contributed by atoms with E-state index in [-0.39, 0.29) is 0 Å². The zero-order chi connectivity index (χ0) is 24.3. The Hall–Kier alpha value is 0.390. The fourth-order valence-corrected chi connectivity index (χ4v) is 9.54. The number of fused-ring (bicyclic) bond motifs is 5. The van der Waals surface area contributed by atoms with Gasteiger partial charge in [-0.25, -0.2) is 0 Å². The van der Waals surface area contributed by atoms with E-state index >= 15 is 0 Å². The third kappa shape index (κ3) is 5.62. The summed E-state index contributed by atoms with van der Waals surface area (Å²) in [4.78, 5) is 0. The monoisotopic (exact) mass is 584 g/mol. The molecule has 0 N–H and O–H groups in total. The van der Waals surface area contributed by atoms with Crippen molar-refractivity contribution < 1.29 is 9.47 Å². The van der Waals surface area contributed by atoms with Crippen LogP contribution in [0.25, 0.3) is 0 Å². The van der Waals surface area contributed by atoms with Gasteiger partial charge in [-0.3, -0.25) is 0 Å². The normalized spacial score (nSPS) is 40.4. The molecule has 3 heteroatoms. The minimum Gasteiger partial charge on any atom is -0.378 e. The Kier molecular flexibility index (Phi) is 9.55. The SMILES string of the molecule is CC(C)CCC[C@@H](C)[C@H]1CC[C@H]2[C@@H]3CC=C4C[C@H](OCCOCCI)CC[C@]4(C)[C@H]3CC[C@]12C. The first-order valence-electron chi connectivity index (χ1n) is 14.7. The summed E-state index contributed by atoms with van der Waals surface area (Å²) in [5.41, 5.74) is 2.78. The first-order chi connectivity index (χ1) is 16.3. The molecule has 4 aliphatic carbocycles. The fourth-order valence-electron chi connectivity index (χ4n) is 9.22. The van der Waals surface area contributed by atoms with Crippen molar-refractivity contribution in [3.8, 4) is 0 Å². The van der Waals surface area contributed by atoms with Crippen LogP contribution >= 0.6 is 22.6 Å². The molecule has 196 valence electrons. The van der Waals surface area contributed by atoms with E-state index in [4.69, 9.17) is 9.47 Å². The molecule has 3 saturated carbocycles. The third-order valence-corrected chi connectivity index (χ3v) is 11.5. The van der Waals surface area contributed by atoms with E-state index in [0.29, 0.717) is 16.9 Å². The minimum atomic E-state index is 0.412. The summed E-state index contributed by atoms with van der Waals surface area (Å²) in [6.07, 6.45) is 18.4. The van der Waals surface area contributed by atoms with Crippen molar-refractivity contribution in [3.05, 3.63) is 11.6 Å². The van der Waals surface area contributed by atoms with Crippen LogP contribution in [0.15, 0.2) is 11.6 Å². The lowest BCUT2D eigenvalue weighted by Crippen LogP contribution is -2.51. The molecular formula is C31H53IO2. The average molecular weight is 585 g/mol. The van der Waals surface area contributed by atoms with Gasteiger partial charge in [-0.1, -0.05) is 88.1 Å². The molecule has 0 saturated heterocycles. The molecule has 0 aliphatic heterocycles. The van der Waals surface area contributed by atoms with E-state index in [2.05, 4.69) is 63.3 Å². The Labute approximate surface area is 224 Å². The molecule has 0 radical (unpaired) electrons. The van der Waals surface area contributed by atoms with E-state index in [1.807, 2.05) is 0 Å². The molecule has 8 atom stereocenters. The quantitative estimate of drug-likeness (QED) is 0.105. The van der Waals surface area contributed by atoms with Crippen LogP contribution in [0, 0.1) is 46.3 Å². The lowest BCUT2D eigenvalue weighted by atomic mass is 9.47. The van der Waals surface area contributed by atoms with Crippen LogP contribution in [-0.4, -0.2) is 30.4 Å². The molecule has 0 aromatic carbocycles. The second-order valence-corrected chi connectivity index (χ2v) is 14.4. The molecule has 0 amide bonds. The van der Waals surface area contributed by atoms with Crippen molar-refractivity contribution in [2.75, 3.05) is 24.2 Å². The Morgan fingerprint density at radius 2 is 1.79 bits per heavy atom. The molecule has 2 nitrogen and oxygen atoms in total. The standard InChI is InChI=1S/C31H53IO2/c1-22(2)7-6-8-23(3)27-11-12-28-26-10-9-24-21-25(34-20-19-33-18-17-32)13-15-30(24,4)29(26)14-16-31(27,28)5/h9,22-23,25-29H,6-8,10-21H2,1-5H3/t23-,25-,26+,27-,28+,29+,30+,31-/m1/s1. The van der Waals surface area contributed by atoms with Gasteiger partial charge in [0.25, 0.3) is 0 Å². The second-order valence-electron chi connectivity index (χ2n) is 13.3. The molecule has 4 aliphatic rings. The minimum absolute atomic E-state index is 0.412. The van der Waals surface area contributed by atoms with Crippen molar-refractivity contribution in [1.82, 2.24) is 0 Å². The van der Waals surface area contributed by atoms with Crippen LogP contribution < -0.4 is 0 Å². The third-order valence-electron chi connectivity index (χ3n) is 11.1. The number of hydrogen-bond donors (Lipinski definition) is 0. The lowest BCUT2D eigenvalue weighted by molar-refractivity contribution is -0.0674. The Morgan fingerprint density at radius 3 is 2.56 bits per heavy atom. The summed E-state index contributed by atoms with van der Waals surface area (Å²) in [5, 5.41) is 0. The summed E-state index contributed by atoms with van der Waals surface area (Å²) in [5.74, 6) is 5.52. The fraction of sp³-hybridized carbons (Fsp3) is 0.935. The van der Waals surface area contributed by atoms with Crippen LogP contribution in [-0.2, 0) is 9.47 Å². The summed E-state index contributed by atoms with van der Waals surface area (Å²) < 4.78 is 13.0. The highest BCUT2D eigenvalue weighted by Gasteiger charge is 2.59. The molecule has 4 rings (SSSR count). The van der Waals surface area contributed by atoms with Crippen LogP contribution in [0.1, 0.15) is 105 Å².